The minimum Gasteiger partial charge on any atom is -0.383 e. The third kappa shape index (κ3) is 4.00. The van der Waals surface area contributed by atoms with Crippen LogP contribution < -0.4 is 0 Å². The van der Waals surface area contributed by atoms with E-state index in [1.807, 2.05) is 6.07 Å². The van der Waals surface area contributed by atoms with Gasteiger partial charge in [0.25, 0.3) is 5.69 Å². The SMILES string of the molecule is COCCN(CCC#N)S(=O)(=O)c1cccc([N+](=O)[O-])c1C. The number of hydrogen-bond acceptors (Lipinski definition) is 6. The van der Waals surface area contributed by atoms with Crippen molar-refractivity contribution < 1.29 is 18.1 Å². The van der Waals surface area contributed by atoms with E-state index in [0.717, 1.165) is 4.31 Å². The largest absolute Gasteiger partial charge is 0.383 e. The Morgan fingerprint density at radius 1 is 1.41 bits per heavy atom. The summed E-state index contributed by atoms with van der Waals surface area (Å²) in [7, 11) is -2.50. The average molecular weight is 327 g/mol. The van der Waals surface area contributed by atoms with Gasteiger partial charge in [-0.1, -0.05) is 6.07 Å². The number of nitro groups is 1. The first-order chi connectivity index (χ1) is 10.4. The van der Waals surface area contributed by atoms with Crippen molar-refractivity contribution in [3.05, 3.63) is 33.9 Å². The molecule has 0 aromatic heterocycles. The number of nitriles is 1. The number of nitro benzene ring substituents is 1. The lowest BCUT2D eigenvalue weighted by atomic mass is 10.2. The fraction of sp³-hybridized carbons (Fsp3) is 0.462. The van der Waals surface area contributed by atoms with Crippen LogP contribution in [0, 0.1) is 28.4 Å². The minimum atomic E-state index is -3.93. The van der Waals surface area contributed by atoms with Crippen LogP contribution in [0.4, 0.5) is 5.69 Å². The summed E-state index contributed by atoms with van der Waals surface area (Å²) in [6.45, 7) is 1.63. The second-order valence-corrected chi connectivity index (χ2v) is 6.37. The third-order valence-electron chi connectivity index (χ3n) is 3.09. The van der Waals surface area contributed by atoms with Gasteiger partial charge in [0.2, 0.25) is 10.0 Å². The van der Waals surface area contributed by atoms with Crippen LogP contribution in [0.2, 0.25) is 0 Å². The molecule has 120 valence electrons. The van der Waals surface area contributed by atoms with E-state index in [2.05, 4.69) is 0 Å². The molecule has 0 N–H and O–H groups in total. The van der Waals surface area contributed by atoms with Gasteiger partial charge in [0, 0.05) is 38.2 Å². The fourth-order valence-corrected chi connectivity index (χ4v) is 3.61. The van der Waals surface area contributed by atoms with E-state index in [1.165, 1.54) is 32.2 Å². The summed E-state index contributed by atoms with van der Waals surface area (Å²) in [5.41, 5.74) is -0.181. The van der Waals surface area contributed by atoms with Gasteiger partial charge < -0.3 is 4.74 Å². The highest BCUT2D eigenvalue weighted by atomic mass is 32.2. The lowest BCUT2D eigenvalue weighted by Gasteiger charge is -2.21. The number of ether oxygens (including phenoxy) is 1. The van der Waals surface area contributed by atoms with Crippen molar-refractivity contribution >= 4 is 15.7 Å². The van der Waals surface area contributed by atoms with E-state index < -0.39 is 14.9 Å². The maximum Gasteiger partial charge on any atom is 0.273 e. The molecule has 1 aromatic carbocycles. The first-order valence-electron chi connectivity index (χ1n) is 6.46. The molecule has 0 atom stereocenters. The molecule has 9 heteroatoms. The van der Waals surface area contributed by atoms with E-state index in [4.69, 9.17) is 10.00 Å². The molecule has 22 heavy (non-hydrogen) atoms. The first kappa shape index (κ1) is 18.0. The van der Waals surface area contributed by atoms with Gasteiger partial charge >= 0.3 is 0 Å². The first-order valence-corrected chi connectivity index (χ1v) is 7.90. The van der Waals surface area contributed by atoms with Crippen LogP contribution in [0.25, 0.3) is 0 Å². The van der Waals surface area contributed by atoms with Gasteiger partial charge in [0.1, 0.15) is 0 Å². The maximum atomic E-state index is 12.7. The summed E-state index contributed by atoms with van der Waals surface area (Å²) in [4.78, 5) is 10.2. The van der Waals surface area contributed by atoms with E-state index in [1.54, 1.807) is 0 Å². The molecule has 0 aliphatic carbocycles. The summed E-state index contributed by atoms with van der Waals surface area (Å²) in [5.74, 6) is 0. The van der Waals surface area contributed by atoms with E-state index in [-0.39, 0.29) is 42.3 Å². The molecule has 0 radical (unpaired) electrons. The van der Waals surface area contributed by atoms with Crippen molar-refractivity contribution in [2.45, 2.75) is 18.2 Å². The average Bonchev–Trinajstić information content (AvgIpc) is 2.46. The van der Waals surface area contributed by atoms with Gasteiger partial charge in [-0.15, -0.1) is 0 Å². The lowest BCUT2D eigenvalue weighted by molar-refractivity contribution is -0.385. The summed E-state index contributed by atoms with van der Waals surface area (Å²) in [6, 6.07) is 5.79. The molecule has 1 rings (SSSR count). The Morgan fingerprint density at radius 3 is 2.64 bits per heavy atom. The second kappa shape index (κ2) is 7.84. The van der Waals surface area contributed by atoms with Crippen LogP contribution in [-0.2, 0) is 14.8 Å². The Morgan fingerprint density at radius 2 is 2.09 bits per heavy atom. The van der Waals surface area contributed by atoms with E-state index in [0.29, 0.717) is 0 Å². The topological polar surface area (TPSA) is 114 Å². The normalized spacial score (nSPS) is 11.4. The van der Waals surface area contributed by atoms with Gasteiger partial charge in [-0.3, -0.25) is 10.1 Å². The van der Waals surface area contributed by atoms with Crippen molar-refractivity contribution in [2.75, 3.05) is 26.8 Å². The number of nitrogens with zero attached hydrogens (tertiary/aromatic N) is 3. The molecule has 0 saturated carbocycles. The second-order valence-electron chi connectivity index (χ2n) is 4.46. The molecule has 0 unspecified atom stereocenters. The monoisotopic (exact) mass is 327 g/mol. The molecule has 0 heterocycles. The van der Waals surface area contributed by atoms with Crippen LogP contribution in [-0.4, -0.2) is 44.5 Å². The Balaban J connectivity index is 3.27. The molecule has 0 bridgehead atoms. The highest BCUT2D eigenvalue weighted by Gasteiger charge is 2.28. The van der Waals surface area contributed by atoms with Gasteiger partial charge in [-0.2, -0.15) is 9.57 Å². The number of hydrogen-bond donors (Lipinski definition) is 0. The van der Waals surface area contributed by atoms with Crippen LogP contribution in [0.5, 0.6) is 0 Å². The quantitative estimate of drug-likeness (QED) is 0.527. The zero-order valence-corrected chi connectivity index (χ0v) is 13.2. The highest BCUT2D eigenvalue weighted by molar-refractivity contribution is 7.89. The Hall–Kier alpha value is -2.02. The molecular formula is C13H17N3O5S. The lowest BCUT2D eigenvalue weighted by Crippen LogP contribution is -2.35. The Bertz CT molecular complexity index is 681. The van der Waals surface area contributed by atoms with E-state index >= 15 is 0 Å². The van der Waals surface area contributed by atoms with Gasteiger partial charge in [0.15, 0.2) is 0 Å². The third-order valence-corrected chi connectivity index (χ3v) is 5.13. The Labute approximate surface area is 129 Å². The van der Waals surface area contributed by atoms with Crippen molar-refractivity contribution in [3.63, 3.8) is 0 Å². The van der Waals surface area contributed by atoms with Crippen molar-refractivity contribution in [1.82, 2.24) is 4.31 Å². The van der Waals surface area contributed by atoms with Gasteiger partial charge in [-0.05, 0) is 13.0 Å². The summed E-state index contributed by atoms with van der Waals surface area (Å²) in [5, 5.41) is 19.6. The van der Waals surface area contributed by atoms with Crippen molar-refractivity contribution in [2.24, 2.45) is 0 Å². The zero-order chi connectivity index (χ0) is 16.8. The maximum absolute atomic E-state index is 12.7. The number of benzene rings is 1. The number of sulfonamides is 1. The molecule has 0 amide bonds. The van der Waals surface area contributed by atoms with Crippen LogP contribution in [0.1, 0.15) is 12.0 Å². The standard InChI is InChI=1S/C13H17N3O5S/c1-11-12(16(17)18)5-3-6-13(11)22(19,20)15(8-4-7-14)9-10-21-2/h3,5-6H,4,8-10H2,1-2H3. The minimum absolute atomic E-state index is 0.00429. The Kier molecular flexibility index (Phi) is 6.42. The molecular weight excluding hydrogens is 310 g/mol. The van der Waals surface area contributed by atoms with Crippen molar-refractivity contribution in [3.8, 4) is 6.07 Å². The molecule has 0 aliphatic heterocycles. The predicted molar refractivity (Wildman–Crippen MR) is 78.7 cm³/mol. The molecule has 0 saturated heterocycles. The summed E-state index contributed by atoms with van der Waals surface area (Å²) < 4.78 is 31.3. The number of rotatable bonds is 8. The van der Waals surface area contributed by atoms with Crippen LogP contribution in [0.3, 0.4) is 0 Å². The summed E-state index contributed by atoms with van der Waals surface area (Å²) in [6.07, 6.45) is 0.0247. The fourth-order valence-electron chi connectivity index (χ4n) is 1.94. The summed E-state index contributed by atoms with van der Waals surface area (Å²) >= 11 is 0. The van der Waals surface area contributed by atoms with Crippen molar-refractivity contribution in [1.29, 1.82) is 5.26 Å². The van der Waals surface area contributed by atoms with Crippen LogP contribution in [0.15, 0.2) is 23.1 Å². The predicted octanol–water partition coefficient (Wildman–Crippen LogP) is 1.45. The molecule has 8 nitrogen and oxygen atoms in total. The highest BCUT2D eigenvalue weighted by Crippen LogP contribution is 2.27. The number of methoxy groups -OCH3 is 1. The van der Waals surface area contributed by atoms with Gasteiger partial charge in [0.05, 0.1) is 22.5 Å². The molecule has 0 fully saturated rings. The van der Waals surface area contributed by atoms with Gasteiger partial charge in [-0.25, -0.2) is 8.42 Å². The zero-order valence-electron chi connectivity index (χ0n) is 12.4. The van der Waals surface area contributed by atoms with Crippen LogP contribution >= 0.6 is 0 Å². The molecule has 1 aromatic rings. The molecule has 0 spiro atoms. The molecule has 0 aliphatic rings. The smallest absolute Gasteiger partial charge is 0.273 e. The van der Waals surface area contributed by atoms with E-state index in [9.17, 15) is 18.5 Å².